The lowest BCUT2D eigenvalue weighted by Crippen LogP contribution is -2.08. The first-order valence-corrected chi connectivity index (χ1v) is 6.31. The third-order valence-electron chi connectivity index (χ3n) is 2.38. The number of aliphatic carboxylic acids is 1. The molecule has 0 aliphatic heterocycles. The van der Waals surface area contributed by atoms with Crippen LogP contribution in [0.2, 0.25) is 0 Å². The monoisotopic (exact) mass is 264 g/mol. The molecular formula is C12H12N2O3S. The van der Waals surface area contributed by atoms with Crippen LogP contribution < -0.4 is 5.32 Å². The first-order chi connectivity index (χ1) is 8.58. The fraction of sp³-hybridized carbons (Fsp3) is 0.250. The van der Waals surface area contributed by atoms with Crippen molar-refractivity contribution in [1.82, 2.24) is 4.98 Å². The van der Waals surface area contributed by atoms with E-state index in [4.69, 9.17) is 5.11 Å². The highest BCUT2D eigenvalue weighted by atomic mass is 32.1. The molecule has 0 saturated carbocycles. The average Bonchev–Trinajstić information content (AvgIpc) is 2.69. The SMILES string of the molecule is CCC(=O)Nc1nc2ccc(CC(=O)O)cc2s1. The van der Waals surface area contributed by atoms with Crippen molar-refractivity contribution in [3.05, 3.63) is 23.8 Å². The number of fused-ring (bicyclic) bond motifs is 1. The minimum atomic E-state index is -0.863. The maximum atomic E-state index is 11.2. The van der Waals surface area contributed by atoms with E-state index in [9.17, 15) is 9.59 Å². The van der Waals surface area contributed by atoms with Crippen molar-refractivity contribution in [3.8, 4) is 0 Å². The fourth-order valence-electron chi connectivity index (χ4n) is 1.51. The van der Waals surface area contributed by atoms with Gasteiger partial charge in [-0.25, -0.2) is 4.98 Å². The summed E-state index contributed by atoms with van der Waals surface area (Å²) in [4.78, 5) is 26.1. The Morgan fingerprint density at radius 1 is 1.44 bits per heavy atom. The van der Waals surface area contributed by atoms with Crippen molar-refractivity contribution >= 4 is 38.6 Å². The van der Waals surface area contributed by atoms with E-state index in [1.54, 1.807) is 25.1 Å². The number of nitrogens with zero attached hydrogens (tertiary/aromatic N) is 1. The van der Waals surface area contributed by atoms with Crippen LogP contribution in [0, 0.1) is 0 Å². The van der Waals surface area contributed by atoms with E-state index < -0.39 is 5.97 Å². The van der Waals surface area contributed by atoms with Crippen molar-refractivity contribution in [2.45, 2.75) is 19.8 Å². The van der Waals surface area contributed by atoms with E-state index in [1.165, 1.54) is 11.3 Å². The van der Waals surface area contributed by atoms with Crippen LogP contribution in [-0.4, -0.2) is 22.0 Å². The minimum absolute atomic E-state index is 0.00943. The van der Waals surface area contributed by atoms with Gasteiger partial charge in [0.15, 0.2) is 5.13 Å². The standard InChI is InChI=1S/C12H12N2O3S/c1-2-10(15)14-12-13-8-4-3-7(6-11(16)17)5-9(8)18-12/h3-5H,2,6H2,1H3,(H,16,17)(H,13,14,15). The summed E-state index contributed by atoms with van der Waals surface area (Å²) in [5.41, 5.74) is 1.49. The van der Waals surface area contributed by atoms with Gasteiger partial charge in [-0.2, -0.15) is 0 Å². The average molecular weight is 264 g/mol. The molecule has 0 atom stereocenters. The molecule has 2 aromatic rings. The third kappa shape index (κ3) is 2.84. The van der Waals surface area contributed by atoms with Crippen LogP contribution in [0.1, 0.15) is 18.9 Å². The summed E-state index contributed by atoms with van der Waals surface area (Å²) in [5, 5.41) is 12.0. The predicted molar refractivity (Wildman–Crippen MR) is 69.9 cm³/mol. The summed E-state index contributed by atoms with van der Waals surface area (Å²) in [6.07, 6.45) is 0.394. The Bertz CT molecular complexity index is 606. The zero-order valence-corrected chi connectivity index (χ0v) is 10.6. The highest BCUT2D eigenvalue weighted by Gasteiger charge is 2.08. The summed E-state index contributed by atoms with van der Waals surface area (Å²) < 4.78 is 0.875. The summed E-state index contributed by atoms with van der Waals surface area (Å²) in [7, 11) is 0. The molecule has 18 heavy (non-hydrogen) atoms. The zero-order valence-electron chi connectivity index (χ0n) is 9.77. The van der Waals surface area contributed by atoms with Crippen LogP contribution in [0.15, 0.2) is 18.2 Å². The number of benzene rings is 1. The molecule has 6 heteroatoms. The quantitative estimate of drug-likeness (QED) is 0.887. The predicted octanol–water partition coefficient (Wildman–Crippen LogP) is 2.27. The number of hydrogen-bond donors (Lipinski definition) is 2. The largest absolute Gasteiger partial charge is 0.481 e. The zero-order chi connectivity index (χ0) is 13.1. The van der Waals surface area contributed by atoms with Crippen molar-refractivity contribution in [3.63, 3.8) is 0 Å². The molecule has 0 bridgehead atoms. The van der Waals surface area contributed by atoms with Crippen LogP contribution in [0.3, 0.4) is 0 Å². The van der Waals surface area contributed by atoms with E-state index >= 15 is 0 Å². The van der Waals surface area contributed by atoms with Crippen molar-refractivity contribution in [1.29, 1.82) is 0 Å². The third-order valence-corrected chi connectivity index (χ3v) is 3.31. The normalized spacial score (nSPS) is 10.5. The first kappa shape index (κ1) is 12.5. The Balaban J connectivity index is 2.27. The van der Waals surface area contributed by atoms with Crippen LogP contribution in [0.4, 0.5) is 5.13 Å². The van der Waals surface area contributed by atoms with Gasteiger partial charge in [0.1, 0.15) is 0 Å². The molecule has 94 valence electrons. The van der Waals surface area contributed by atoms with Gasteiger partial charge < -0.3 is 10.4 Å². The van der Waals surface area contributed by atoms with Gasteiger partial charge in [-0.1, -0.05) is 24.3 Å². The number of nitrogens with one attached hydrogen (secondary N) is 1. The van der Waals surface area contributed by atoms with E-state index in [0.29, 0.717) is 11.6 Å². The van der Waals surface area contributed by atoms with Crippen molar-refractivity contribution < 1.29 is 14.7 Å². The number of carbonyl (C=O) groups is 2. The van der Waals surface area contributed by atoms with Gasteiger partial charge in [0, 0.05) is 6.42 Å². The lowest BCUT2D eigenvalue weighted by atomic mass is 10.1. The number of thiazole rings is 1. The molecule has 0 spiro atoms. The van der Waals surface area contributed by atoms with Gasteiger partial charge in [0.25, 0.3) is 0 Å². The molecule has 1 aromatic carbocycles. The summed E-state index contributed by atoms with van der Waals surface area (Å²) in [6, 6.07) is 5.30. The second-order valence-electron chi connectivity index (χ2n) is 3.79. The Labute approximate surface area is 107 Å². The van der Waals surface area contributed by atoms with E-state index in [1.807, 2.05) is 0 Å². The molecule has 2 rings (SSSR count). The Kier molecular flexibility index (Phi) is 3.57. The minimum Gasteiger partial charge on any atom is -0.481 e. The van der Waals surface area contributed by atoms with Crippen LogP contribution in [0.25, 0.3) is 10.2 Å². The number of carbonyl (C=O) groups excluding carboxylic acids is 1. The van der Waals surface area contributed by atoms with Gasteiger partial charge in [0.05, 0.1) is 16.6 Å². The Morgan fingerprint density at radius 3 is 2.89 bits per heavy atom. The van der Waals surface area contributed by atoms with Gasteiger partial charge in [-0.3, -0.25) is 9.59 Å². The number of rotatable bonds is 4. The molecule has 0 unspecified atom stereocenters. The molecule has 1 aromatic heterocycles. The Morgan fingerprint density at radius 2 is 2.22 bits per heavy atom. The smallest absolute Gasteiger partial charge is 0.307 e. The van der Waals surface area contributed by atoms with E-state index in [0.717, 1.165) is 15.8 Å². The fourth-order valence-corrected chi connectivity index (χ4v) is 2.46. The molecule has 1 heterocycles. The van der Waals surface area contributed by atoms with Crippen molar-refractivity contribution in [2.75, 3.05) is 5.32 Å². The van der Waals surface area contributed by atoms with E-state index in [2.05, 4.69) is 10.3 Å². The molecular weight excluding hydrogens is 252 g/mol. The number of hydrogen-bond acceptors (Lipinski definition) is 4. The second kappa shape index (κ2) is 5.14. The lowest BCUT2D eigenvalue weighted by molar-refractivity contribution is -0.136. The molecule has 0 fully saturated rings. The molecule has 0 aliphatic rings. The highest BCUT2D eigenvalue weighted by Crippen LogP contribution is 2.27. The number of aromatic nitrogens is 1. The summed E-state index contributed by atoms with van der Waals surface area (Å²) in [5.74, 6) is -0.946. The maximum Gasteiger partial charge on any atom is 0.307 e. The number of amides is 1. The van der Waals surface area contributed by atoms with Gasteiger partial charge >= 0.3 is 5.97 Å². The molecule has 1 amide bonds. The summed E-state index contributed by atoms with van der Waals surface area (Å²) in [6.45, 7) is 1.77. The molecule has 0 radical (unpaired) electrons. The van der Waals surface area contributed by atoms with Crippen LogP contribution in [-0.2, 0) is 16.0 Å². The van der Waals surface area contributed by atoms with E-state index in [-0.39, 0.29) is 12.3 Å². The topological polar surface area (TPSA) is 79.3 Å². The molecule has 5 nitrogen and oxygen atoms in total. The molecule has 0 saturated heterocycles. The Hall–Kier alpha value is -1.95. The first-order valence-electron chi connectivity index (χ1n) is 5.49. The lowest BCUT2D eigenvalue weighted by Gasteiger charge is -1.95. The molecule has 0 aliphatic carbocycles. The highest BCUT2D eigenvalue weighted by molar-refractivity contribution is 7.22. The maximum absolute atomic E-state index is 11.2. The van der Waals surface area contributed by atoms with Gasteiger partial charge in [-0.15, -0.1) is 0 Å². The molecule has 2 N–H and O–H groups in total. The van der Waals surface area contributed by atoms with Crippen LogP contribution in [0.5, 0.6) is 0 Å². The summed E-state index contributed by atoms with van der Waals surface area (Å²) >= 11 is 1.35. The van der Waals surface area contributed by atoms with Gasteiger partial charge in [0.2, 0.25) is 5.91 Å². The number of anilines is 1. The number of carboxylic acid groups (broad SMARTS) is 1. The number of carboxylic acids is 1. The second-order valence-corrected chi connectivity index (χ2v) is 4.82. The van der Waals surface area contributed by atoms with Gasteiger partial charge in [-0.05, 0) is 17.7 Å². The van der Waals surface area contributed by atoms with Crippen LogP contribution >= 0.6 is 11.3 Å². The van der Waals surface area contributed by atoms with Crippen molar-refractivity contribution in [2.24, 2.45) is 0 Å².